The molecule has 0 radical (unpaired) electrons. The first-order chi connectivity index (χ1) is 10.5. The van der Waals surface area contributed by atoms with Crippen molar-refractivity contribution in [2.24, 2.45) is 0 Å². The molecule has 0 saturated heterocycles. The van der Waals surface area contributed by atoms with Crippen LogP contribution in [0, 0.1) is 11.6 Å². The summed E-state index contributed by atoms with van der Waals surface area (Å²) in [5.74, 6) is -1.08. The highest BCUT2D eigenvalue weighted by Crippen LogP contribution is 2.22. The minimum Gasteiger partial charge on any atom is -0.386 e. The molecule has 1 atom stereocenters. The van der Waals surface area contributed by atoms with Gasteiger partial charge in [0, 0.05) is 12.1 Å². The number of nitrogens with one attached hydrogen (secondary N) is 2. The Bertz CT molecular complexity index is 682. The van der Waals surface area contributed by atoms with Crippen LogP contribution in [0.4, 0.5) is 19.3 Å². The molecule has 0 bridgehead atoms. The zero-order chi connectivity index (χ0) is 16.1. The van der Waals surface area contributed by atoms with E-state index in [0.717, 1.165) is 12.1 Å². The molecule has 7 heteroatoms. The Labute approximate surface area is 130 Å². The van der Waals surface area contributed by atoms with Crippen LogP contribution in [0.1, 0.15) is 11.7 Å². The monoisotopic (exact) mass is 326 g/mol. The molecule has 0 saturated carbocycles. The van der Waals surface area contributed by atoms with Gasteiger partial charge in [0.15, 0.2) is 0 Å². The van der Waals surface area contributed by atoms with Gasteiger partial charge in [-0.3, -0.25) is 0 Å². The third-order valence-corrected chi connectivity index (χ3v) is 3.21. The Morgan fingerprint density at radius 3 is 2.64 bits per heavy atom. The van der Waals surface area contributed by atoms with E-state index in [0.29, 0.717) is 0 Å². The second-order valence-corrected chi connectivity index (χ2v) is 4.90. The molecule has 0 aliphatic heterocycles. The third-order valence-electron chi connectivity index (χ3n) is 2.90. The van der Waals surface area contributed by atoms with E-state index in [1.807, 2.05) is 0 Å². The number of benzene rings is 2. The number of anilines is 1. The molecule has 0 heterocycles. The second kappa shape index (κ2) is 7.20. The summed E-state index contributed by atoms with van der Waals surface area (Å²) in [5, 5.41) is 14.7. The van der Waals surface area contributed by atoms with Gasteiger partial charge in [-0.15, -0.1) is 0 Å². The molecule has 4 nitrogen and oxygen atoms in total. The third kappa shape index (κ3) is 4.16. The van der Waals surface area contributed by atoms with Crippen LogP contribution >= 0.6 is 11.6 Å². The summed E-state index contributed by atoms with van der Waals surface area (Å²) < 4.78 is 26.3. The molecule has 3 N–H and O–H groups in total. The number of aliphatic hydroxyl groups excluding tert-OH is 1. The van der Waals surface area contributed by atoms with E-state index in [9.17, 15) is 18.7 Å². The Morgan fingerprint density at radius 1 is 1.23 bits per heavy atom. The fraction of sp³-hybridized carbons (Fsp3) is 0.133. The quantitative estimate of drug-likeness (QED) is 0.805. The minimum absolute atomic E-state index is 0.0461. The maximum absolute atomic E-state index is 13.5. The summed E-state index contributed by atoms with van der Waals surface area (Å²) in [6.07, 6.45) is -1.18. The lowest BCUT2D eigenvalue weighted by molar-refractivity contribution is 0.170. The standard InChI is InChI=1S/C15H13ClF2N2O2/c16-11-7-9(17)5-6-13(11)20-15(22)19-8-14(21)10-3-1-2-4-12(10)18/h1-7,14,21H,8H2,(H2,19,20,22). The molecular formula is C15H13ClF2N2O2. The molecule has 2 amide bonds. The summed E-state index contributed by atoms with van der Waals surface area (Å²) in [6.45, 7) is -0.189. The van der Waals surface area contributed by atoms with Crippen LogP contribution in [0.2, 0.25) is 5.02 Å². The topological polar surface area (TPSA) is 61.4 Å². The molecule has 116 valence electrons. The maximum atomic E-state index is 13.5. The van der Waals surface area contributed by atoms with Crippen molar-refractivity contribution in [1.29, 1.82) is 0 Å². The number of rotatable bonds is 4. The first-order valence-corrected chi connectivity index (χ1v) is 6.77. The number of aliphatic hydroxyl groups is 1. The largest absolute Gasteiger partial charge is 0.386 e. The van der Waals surface area contributed by atoms with Crippen molar-refractivity contribution in [3.63, 3.8) is 0 Å². The van der Waals surface area contributed by atoms with Gasteiger partial charge in [0.2, 0.25) is 0 Å². The van der Waals surface area contributed by atoms with E-state index < -0.39 is 23.8 Å². The summed E-state index contributed by atoms with van der Waals surface area (Å²) in [7, 11) is 0. The molecule has 0 aliphatic carbocycles. The van der Waals surface area contributed by atoms with Crippen molar-refractivity contribution < 1.29 is 18.7 Å². The summed E-state index contributed by atoms with van der Waals surface area (Å²) in [4.78, 5) is 11.7. The van der Waals surface area contributed by atoms with E-state index in [1.165, 1.54) is 24.3 Å². The molecule has 2 aromatic rings. The van der Waals surface area contributed by atoms with Crippen LogP contribution < -0.4 is 10.6 Å². The lowest BCUT2D eigenvalue weighted by Gasteiger charge is -2.14. The Hall–Kier alpha value is -2.18. The molecule has 2 rings (SSSR count). The van der Waals surface area contributed by atoms with Crippen molar-refractivity contribution in [2.45, 2.75) is 6.10 Å². The molecule has 0 spiro atoms. The number of amides is 2. The highest BCUT2D eigenvalue weighted by atomic mass is 35.5. The molecule has 2 aromatic carbocycles. The summed E-state index contributed by atoms with van der Waals surface area (Å²) >= 11 is 5.77. The van der Waals surface area contributed by atoms with Crippen molar-refractivity contribution in [1.82, 2.24) is 5.32 Å². The number of urea groups is 1. The Kier molecular flexibility index (Phi) is 5.30. The van der Waals surface area contributed by atoms with Gasteiger partial charge in [-0.2, -0.15) is 0 Å². The van der Waals surface area contributed by atoms with E-state index in [2.05, 4.69) is 10.6 Å². The lowest BCUT2D eigenvalue weighted by atomic mass is 10.1. The van der Waals surface area contributed by atoms with Gasteiger partial charge in [0.25, 0.3) is 0 Å². The molecule has 0 aromatic heterocycles. The lowest BCUT2D eigenvalue weighted by Crippen LogP contribution is -2.32. The fourth-order valence-corrected chi connectivity index (χ4v) is 2.02. The van der Waals surface area contributed by atoms with Gasteiger partial charge in [-0.05, 0) is 24.3 Å². The van der Waals surface area contributed by atoms with E-state index in [4.69, 9.17) is 11.6 Å². The SMILES string of the molecule is O=C(NCC(O)c1ccccc1F)Nc1ccc(F)cc1Cl. The molecule has 0 fully saturated rings. The number of hydrogen-bond donors (Lipinski definition) is 3. The zero-order valence-corrected chi connectivity index (χ0v) is 12.1. The smallest absolute Gasteiger partial charge is 0.319 e. The second-order valence-electron chi connectivity index (χ2n) is 4.50. The Morgan fingerprint density at radius 2 is 1.95 bits per heavy atom. The molecule has 1 unspecified atom stereocenters. The fourth-order valence-electron chi connectivity index (χ4n) is 1.80. The van der Waals surface area contributed by atoms with Gasteiger partial charge >= 0.3 is 6.03 Å². The van der Waals surface area contributed by atoms with Crippen LogP contribution in [-0.2, 0) is 0 Å². The minimum atomic E-state index is -1.18. The summed E-state index contributed by atoms with van der Waals surface area (Å²) in [5.41, 5.74) is 0.309. The number of carbonyl (C=O) groups excluding carboxylic acids is 1. The predicted octanol–water partition coefficient (Wildman–Crippen LogP) is 3.47. The number of carbonyl (C=O) groups is 1. The van der Waals surface area contributed by atoms with Gasteiger partial charge in [-0.25, -0.2) is 13.6 Å². The van der Waals surface area contributed by atoms with Crippen LogP contribution in [0.5, 0.6) is 0 Å². The average molecular weight is 327 g/mol. The first kappa shape index (κ1) is 16.2. The molecule has 0 aliphatic rings. The van der Waals surface area contributed by atoms with Crippen molar-refractivity contribution in [3.05, 3.63) is 64.7 Å². The van der Waals surface area contributed by atoms with E-state index >= 15 is 0 Å². The van der Waals surface area contributed by atoms with Crippen LogP contribution in [0.3, 0.4) is 0 Å². The average Bonchev–Trinajstić information content (AvgIpc) is 2.48. The first-order valence-electron chi connectivity index (χ1n) is 6.40. The van der Waals surface area contributed by atoms with Gasteiger partial charge in [0.1, 0.15) is 11.6 Å². The number of halogens is 3. The van der Waals surface area contributed by atoms with Crippen LogP contribution in [-0.4, -0.2) is 17.7 Å². The van der Waals surface area contributed by atoms with Crippen molar-refractivity contribution in [3.8, 4) is 0 Å². The molecular weight excluding hydrogens is 314 g/mol. The highest BCUT2D eigenvalue weighted by molar-refractivity contribution is 6.33. The zero-order valence-electron chi connectivity index (χ0n) is 11.3. The predicted molar refractivity (Wildman–Crippen MR) is 79.8 cm³/mol. The maximum Gasteiger partial charge on any atom is 0.319 e. The highest BCUT2D eigenvalue weighted by Gasteiger charge is 2.14. The number of hydrogen-bond acceptors (Lipinski definition) is 2. The van der Waals surface area contributed by atoms with Gasteiger partial charge in [0.05, 0.1) is 16.8 Å². The van der Waals surface area contributed by atoms with Crippen LogP contribution in [0.15, 0.2) is 42.5 Å². The van der Waals surface area contributed by atoms with Crippen molar-refractivity contribution in [2.75, 3.05) is 11.9 Å². The van der Waals surface area contributed by atoms with Gasteiger partial charge in [-0.1, -0.05) is 29.8 Å². The van der Waals surface area contributed by atoms with Crippen molar-refractivity contribution >= 4 is 23.3 Å². The van der Waals surface area contributed by atoms with E-state index in [1.54, 1.807) is 6.07 Å². The van der Waals surface area contributed by atoms with Gasteiger partial charge < -0.3 is 15.7 Å². The van der Waals surface area contributed by atoms with Crippen LogP contribution in [0.25, 0.3) is 0 Å². The van der Waals surface area contributed by atoms with E-state index in [-0.39, 0.29) is 22.8 Å². The Balaban J connectivity index is 1.91. The molecule has 22 heavy (non-hydrogen) atoms. The normalized spacial score (nSPS) is 11.8. The summed E-state index contributed by atoms with van der Waals surface area (Å²) in [6, 6.07) is 8.60.